The number of nitrogens with zero attached hydrogens (tertiary/aromatic N) is 3. The molecule has 0 aliphatic carbocycles. The summed E-state index contributed by atoms with van der Waals surface area (Å²) >= 11 is 0. The topological polar surface area (TPSA) is 43.9 Å². The standard InChI is InChI=1S/C14H23N3O2/c1-4-13(18)15-7-8-17(12(3)10-15)14(19)16-6-5-11(2)9-16/h4,11-12H,1,5-10H2,2-3H3. The van der Waals surface area contributed by atoms with E-state index in [9.17, 15) is 9.59 Å². The average molecular weight is 265 g/mol. The molecule has 0 radical (unpaired) electrons. The van der Waals surface area contributed by atoms with Gasteiger partial charge in [-0.2, -0.15) is 0 Å². The zero-order valence-electron chi connectivity index (χ0n) is 11.8. The molecule has 2 aliphatic heterocycles. The average Bonchev–Trinajstić information content (AvgIpc) is 2.83. The quantitative estimate of drug-likeness (QED) is 0.668. The van der Waals surface area contributed by atoms with Crippen LogP contribution in [0.3, 0.4) is 0 Å². The SMILES string of the molecule is C=CC(=O)N1CCN(C(=O)N2CCC(C)C2)C(C)C1. The number of amides is 3. The maximum absolute atomic E-state index is 12.4. The Morgan fingerprint density at radius 1 is 1.11 bits per heavy atom. The lowest BCUT2D eigenvalue weighted by Crippen LogP contribution is -2.57. The fourth-order valence-electron chi connectivity index (χ4n) is 2.86. The van der Waals surface area contributed by atoms with Crippen molar-refractivity contribution in [1.82, 2.24) is 14.7 Å². The summed E-state index contributed by atoms with van der Waals surface area (Å²) in [5.74, 6) is 0.552. The number of piperazine rings is 1. The largest absolute Gasteiger partial charge is 0.335 e. The van der Waals surface area contributed by atoms with Crippen LogP contribution in [-0.2, 0) is 4.79 Å². The van der Waals surface area contributed by atoms with E-state index in [1.54, 1.807) is 4.90 Å². The molecule has 2 aliphatic rings. The van der Waals surface area contributed by atoms with Crippen molar-refractivity contribution in [1.29, 1.82) is 0 Å². The van der Waals surface area contributed by atoms with Gasteiger partial charge in [-0.05, 0) is 25.3 Å². The highest BCUT2D eigenvalue weighted by atomic mass is 16.2. The molecule has 106 valence electrons. The van der Waals surface area contributed by atoms with Gasteiger partial charge in [0.05, 0.1) is 0 Å². The Kier molecular flexibility index (Phi) is 4.12. The number of rotatable bonds is 1. The predicted octanol–water partition coefficient (Wildman–Crippen LogP) is 1.17. The summed E-state index contributed by atoms with van der Waals surface area (Å²) in [6.45, 7) is 11.2. The predicted molar refractivity (Wildman–Crippen MR) is 73.7 cm³/mol. The number of carbonyl (C=O) groups excluding carboxylic acids is 2. The second kappa shape index (κ2) is 5.63. The Balaban J connectivity index is 1.94. The highest BCUT2D eigenvalue weighted by molar-refractivity contribution is 5.87. The second-order valence-electron chi connectivity index (χ2n) is 5.65. The normalized spacial score (nSPS) is 27.6. The third-order valence-corrected chi connectivity index (χ3v) is 4.05. The summed E-state index contributed by atoms with van der Waals surface area (Å²) in [6.07, 6.45) is 2.43. The molecule has 0 N–H and O–H groups in total. The maximum atomic E-state index is 12.4. The molecule has 2 heterocycles. The number of hydrogen-bond donors (Lipinski definition) is 0. The van der Waals surface area contributed by atoms with Crippen molar-refractivity contribution in [3.05, 3.63) is 12.7 Å². The van der Waals surface area contributed by atoms with Gasteiger partial charge in [0.25, 0.3) is 0 Å². The lowest BCUT2D eigenvalue weighted by atomic mass is 10.2. The fourth-order valence-corrected chi connectivity index (χ4v) is 2.86. The van der Waals surface area contributed by atoms with Crippen LogP contribution in [0.25, 0.3) is 0 Å². The summed E-state index contributed by atoms with van der Waals surface area (Å²) in [7, 11) is 0. The summed E-state index contributed by atoms with van der Waals surface area (Å²) in [5.41, 5.74) is 0. The molecule has 2 fully saturated rings. The Morgan fingerprint density at radius 3 is 2.37 bits per heavy atom. The summed E-state index contributed by atoms with van der Waals surface area (Å²) < 4.78 is 0. The van der Waals surface area contributed by atoms with Crippen LogP contribution in [0, 0.1) is 5.92 Å². The van der Waals surface area contributed by atoms with Crippen LogP contribution in [-0.4, -0.2) is 65.4 Å². The minimum atomic E-state index is -0.0475. The zero-order chi connectivity index (χ0) is 14.0. The van der Waals surface area contributed by atoms with E-state index < -0.39 is 0 Å². The molecule has 2 rings (SSSR count). The van der Waals surface area contributed by atoms with Gasteiger partial charge in [0.2, 0.25) is 5.91 Å². The highest BCUT2D eigenvalue weighted by Crippen LogP contribution is 2.19. The van der Waals surface area contributed by atoms with Crippen molar-refractivity contribution >= 4 is 11.9 Å². The molecule has 0 aromatic carbocycles. The molecular formula is C14H23N3O2. The molecule has 0 bridgehead atoms. The first kappa shape index (κ1) is 13.9. The molecule has 3 amide bonds. The maximum Gasteiger partial charge on any atom is 0.320 e. The van der Waals surface area contributed by atoms with Gasteiger partial charge in [0, 0.05) is 38.8 Å². The molecule has 0 saturated carbocycles. The van der Waals surface area contributed by atoms with E-state index in [4.69, 9.17) is 0 Å². The van der Waals surface area contributed by atoms with E-state index in [1.165, 1.54) is 6.08 Å². The first-order valence-corrected chi connectivity index (χ1v) is 6.99. The van der Waals surface area contributed by atoms with Crippen molar-refractivity contribution in [2.75, 3.05) is 32.7 Å². The first-order valence-electron chi connectivity index (χ1n) is 6.99. The zero-order valence-corrected chi connectivity index (χ0v) is 11.8. The Bertz CT molecular complexity index is 383. The van der Waals surface area contributed by atoms with Gasteiger partial charge >= 0.3 is 6.03 Å². The van der Waals surface area contributed by atoms with E-state index in [2.05, 4.69) is 13.5 Å². The molecule has 2 atom stereocenters. The van der Waals surface area contributed by atoms with Crippen molar-refractivity contribution in [2.24, 2.45) is 5.92 Å². The van der Waals surface area contributed by atoms with Gasteiger partial charge < -0.3 is 14.7 Å². The minimum absolute atomic E-state index is 0.0475. The van der Waals surface area contributed by atoms with Gasteiger partial charge in [0.15, 0.2) is 0 Å². The molecule has 19 heavy (non-hydrogen) atoms. The molecule has 0 aromatic rings. The van der Waals surface area contributed by atoms with Crippen LogP contribution >= 0.6 is 0 Å². The van der Waals surface area contributed by atoms with Crippen molar-refractivity contribution in [3.8, 4) is 0 Å². The molecule has 0 aromatic heterocycles. The minimum Gasteiger partial charge on any atom is -0.335 e. The fraction of sp³-hybridized carbons (Fsp3) is 0.714. The van der Waals surface area contributed by atoms with E-state index in [0.29, 0.717) is 25.6 Å². The van der Waals surface area contributed by atoms with E-state index in [1.807, 2.05) is 16.7 Å². The van der Waals surface area contributed by atoms with Crippen LogP contribution in [0.1, 0.15) is 20.3 Å². The monoisotopic (exact) mass is 265 g/mol. The molecule has 2 saturated heterocycles. The lowest BCUT2D eigenvalue weighted by molar-refractivity contribution is -0.128. The number of urea groups is 1. The van der Waals surface area contributed by atoms with Crippen molar-refractivity contribution in [2.45, 2.75) is 26.3 Å². The summed E-state index contributed by atoms with van der Waals surface area (Å²) in [6, 6.07) is 0.198. The van der Waals surface area contributed by atoms with Crippen LogP contribution in [0.15, 0.2) is 12.7 Å². The molecule has 2 unspecified atom stereocenters. The smallest absolute Gasteiger partial charge is 0.320 e. The second-order valence-corrected chi connectivity index (χ2v) is 5.65. The van der Waals surface area contributed by atoms with E-state index in [-0.39, 0.29) is 18.0 Å². The van der Waals surface area contributed by atoms with Crippen LogP contribution in [0.2, 0.25) is 0 Å². The van der Waals surface area contributed by atoms with Crippen molar-refractivity contribution < 1.29 is 9.59 Å². The lowest BCUT2D eigenvalue weighted by Gasteiger charge is -2.41. The first-order chi connectivity index (χ1) is 9.02. The van der Waals surface area contributed by atoms with Crippen LogP contribution < -0.4 is 0 Å². The molecule has 5 nitrogen and oxygen atoms in total. The van der Waals surface area contributed by atoms with E-state index >= 15 is 0 Å². The van der Waals surface area contributed by atoms with E-state index in [0.717, 1.165) is 19.5 Å². The van der Waals surface area contributed by atoms with Gasteiger partial charge in [-0.15, -0.1) is 0 Å². The Hall–Kier alpha value is -1.52. The summed E-state index contributed by atoms with van der Waals surface area (Å²) in [5, 5.41) is 0. The van der Waals surface area contributed by atoms with Crippen LogP contribution in [0.4, 0.5) is 4.79 Å². The molecule has 0 spiro atoms. The highest BCUT2D eigenvalue weighted by Gasteiger charge is 2.33. The number of carbonyl (C=O) groups is 2. The van der Waals surface area contributed by atoms with Crippen molar-refractivity contribution in [3.63, 3.8) is 0 Å². The third-order valence-electron chi connectivity index (χ3n) is 4.05. The Morgan fingerprint density at radius 2 is 1.84 bits per heavy atom. The van der Waals surface area contributed by atoms with Crippen LogP contribution in [0.5, 0.6) is 0 Å². The summed E-state index contributed by atoms with van der Waals surface area (Å²) in [4.78, 5) is 29.6. The van der Waals surface area contributed by atoms with Gasteiger partial charge in [-0.1, -0.05) is 13.5 Å². The number of likely N-dealkylation sites (tertiary alicyclic amines) is 1. The van der Waals surface area contributed by atoms with Gasteiger partial charge in [-0.3, -0.25) is 4.79 Å². The van der Waals surface area contributed by atoms with Gasteiger partial charge in [0.1, 0.15) is 0 Å². The number of hydrogen-bond acceptors (Lipinski definition) is 2. The van der Waals surface area contributed by atoms with Gasteiger partial charge in [-0.25, -0.2) is 4.79 Å². The Labute approximate surface area is 114 Å². The molecule has 5 heteroatoms. The third kappa shape index (κ3) is 2.91. The molecular weight excluding hydrogens is 242 g/mol.